The van der Waals surface area contributed by atoms with E-state index >= 15 is 0 Å². The van der Waals surface area contributed by atoms with Crippen molar-refractivity contribution in [2.75, 3.05) is 0 Å². The number of nitriles is 1. The van der Waals surface area contributed by atoms with Gasteiger partial charge in [0.05, 0.1) is 17.8 Å². The Balaban J connectivity index is 2.22. The van der Waals surface area contributed by atoms with E-state index in [0.717, 1.165) is 0 Å². The van der Waals surface area contributed by atoms with Crippen LogP contribution in [-0.4, -0.2) is 9.97 Å². The maximum absolute atomic E-state index is 8.66. The summed E-state index contributed by atoms with van der Waals surface area (Å²) >= 11 is 1.28. The molecule has 0 saturated heterocycles. The highest BCUT2D eigenvalue weighted by atomic mass is 32.2. The van der Waals surface area contributed by atoms with Crippen molar-refractivity contribution in [3.63, 3.8) is 0 Å². The molecule has 0 saturated carbocycles. The van der Waals surface area contributed by atoms with Crippen LogP contribution in [0.15, 0.2) is 45.5 Å². The second-order valence-electron chi connectivity index (χ2n) is 2.39. The van der Waals surface area contributed by atoms with Crippen LogP contribution in [0, 0.1) is 11.3 Å². The van der Waals surface area contributed by atoms with Gasteiger partial charge in [0.15, 0.2) is 0 Å². The van der Waals surface area contributed by atoms with Crippen LogP contribution in [0.4, 0.5) is 0 Å². The molecule has 0 radical (unpaired) electrons. The van der Waals surface area contributed by atoms with E-state index in [2.05, 4.69) is 9.97 Å². The molecule has 0 aliphatic carbocycles. The molecule has 0 amide bonds. The number of pyridine rings is 1. The molecule has 0 unspecified atom stereocenters. The highest BCUT2D eigenvalue weighted by Gasteiger charge is 2.03. The summed E-state index contributed by atoms with van der Waals surface area (Å²) in [6, 6.07) is 5.38. The topological polar surface area (TPSA) is 62.7 Å². The van der Waals surface area contributed by atoms with Crippen LogP contribution >= 0.6 is 11.8 Å². The van der Waals surface area contributed by atoms with Crippen LogP contribution in [0.25, 0.3) is 0 Å². The van der Waals surface area contributed by atoms with Gasteiger partial charge in [-0.3, -0.25) is 0 Å². The lowest BCUT2D eigenvalue weighted by Crippen LogP contribution is -1.81. The summed E-state index contributed by atoms with van der Waals surface area (Å²) in [7, 11) is 0. The first-order valence-corrected chi connectivity index (χ1v) is 4.63. The number of hydrogen-bond acceptors (Lipinski definition) is 5. The Morgan fingerprint density at radius 2 is 2.29 bits per heavy atom. The fraction of sp³-hybridized carbons (Fsp3) is 0. The van der Waals surface area contributed by atoms with E-state index in [1.165, 1.54) is 18.0 Å². The maximum atomic E-state index is 8.66. The zero-order chi connectivity index (χ0) is 9.80. The predicted molar refractivity (Wildman–Crippen MR) is 49.6 cm³/mol. The first-order valence-electron chi connectivity index (χ1n) is 3.82. The van der Waals surface area contributed by atoms with Gasteiger partial charge in [0.2, 0.25) is 0 Å². The SMILES string of the molecule is N#Cc1ccnc(Sc2ncco2)c1. The summed E-state index contributed by atoms with van der Waals surface area (Å²) in [5.74, 6) is 0. The second kappa shape index (κ2) is 3.94. The highest BCUT2D eigenvalue weighted by molar-refractivity contribution is 7.99. The number of hydrogen-bond donors (Lipinski definition) is 0. The van der Waals surface area contributed by atoms with Crippen molar-refractivity contribution in [3.05, 3.63) is 36.4 Å². The Morgan fingerprint density at radius 3 is 3.00 bits per heavy atom. The molecular weight excluding hydrogens is 198 g/mol. The molecule has 14 heavy (non-hydrogen) atoms. The van der Waals surface area contributed by atoms with Crippen LogP contribution in [-0.2, 0) is 0 Å². The largest absolute Gasteiger partial charge is 0.440 e. The van der Waals surface area contributed by atoms with Crippen molar-refractivity contribution in [3.8, 4) is 6.07 Å². The Morgan fingerprint density at radius 1 is 1.36 bits per heavy atom. The summed E-state index contributed by atoms with van der Waals surface area (Å²) < 4.78 is 5.04. The molecule has 2 rings (SSSR count). The Kier molecular flexibility index (Phi) is 2.47. The monoisotopic (exact) mass is 203 g/mol. The van der Waals surface area contributed by atoms with E-state index in [0.29, 0.717) is 15.8 Å². The smallest absolute Gasteiger partial charge is 0.261 e. The molecule has 0 aliphatic rings. The molecule has 68 valence electrons. The quantitative estimate of drug-likeness (QED) is 0.747. The Bertz CT molecular complexity index is 461. The molecule has 0 atom stereocenters. The number of rotatable bonds is 2. The van der Waals surface area contributed by atoms with Crippen molar-refractivity contribution >= 4 is 11.8 Å². The van der Waals surface area contributed by atoms with E-state index in [-0.39, 0.29) is 0 Å². The van der Waals surface area contributed by atoms with Gasteiger partial charge in [-0.05, 0) is 23.9 Å². The van der Waals surface area contributed by atoms with Crippen LogP contribution in [0.3, 0.4) is 0 Å². The minimum atomic E-state index is 0.521. The fourth-order valence-electron chi connectivity index (χ4n) is 0.885. The van der Waals surface area contributed by atoms with Crippen molar-refractivity contribution in [2.45, 2.75) is 10.2 Å². The summed E-state index contributed by atoms with van der Waals surface area (Å²) in [6.07, 6.45) is 4.65. The summed E-state index contributed by atoms with van der Waals surface area (Å²) in [4.78, 5) is 8.01. The van der Waals surface area contributed by atoms with Crippen LogP contribution in [0.2, 0.25) is 0 Å². The molecule has 5 heteroatoms. The molecule has 0 bridgehead atoms. The second-order valence-corrected chi connectivity index (χ2v) is 3.37. The van der Waals surface area contributed by atoms with Gasteiger partial charge in [0.25, 0.3) is 5.22 Å². The van der Waals surface area contributed by atoms with E-state index < -0.39 is 0 Å². The van der Waals surface area contributed by atoms with Crippen LogP contribution < -0.4 is 0 Å². The Hall–Kier alpha value is -1.80. The van der Waals surface area contributed by atoms with Gasteiger partial charge in [0, 0.05) is 6.20 Å². The van der Waals surface area contributed by atoms with Crippen molar-refractivity contribution in [1.82, 2.24) is 9.97 Å². The average Bonchev–Trinajstić information content (AvgIpc) is 2.71. The zero-order valence-electron chi connectivity index (χ0n) is 7.04. The minimum absolute atomic E-state index is 0.521. The van der Waals surface area contributed by atoms with Crippen LogP contribution in [0.5, 0.6) is 0 Å². The first-order chi connectivity index (χ1) is 6.88. The molecule has 0 N–H and O–H groups in total. The van der Waals surface area contributed by atoms with Crippen molar-refractivity contribution in [2.24, 2.45) is 0 Å². The molecular formula is C9H5N3OS. The molecule has 0 aliphatic heterocycles. The van der Waals surface area contributed by atoms with E-state index in [4.69, 9.17) is 9.68 Å². The summed E-state index contributed by atoms with van der Waals surface area (Å²) in [5.41, 5.74) is 0.578. The summed E-state index contributed by atoms with van der Waals surface area (Å²) in [5, 5.41) is 9.88. The van der Waals surface area contributed by atoms with Gasteiger partial charge in [-0.15, -0.1) is 0 Å². The molecule has 0 fully saturated rings. The van der Waals surface area contributed by atoms with E-state index in [1.54, 1.807) is 24.5 Å². The number of aromatic nitrogens is 2. The molecule has 0 aromatic carbocycles. The summed E-state index contributed by atoms with van der Waals surface area (Å²) in [6.45, 7) is 0. The van der Waals surface area contributed by atoms with E-state index in [1.807, 2.05) is 6.07 Å². The minimum Gasteiger partial charge on any atom is -0.440 e. The molecule has 0 spiro atoms. The van der Waals surface area contributed by atoms with Gasteiger partial charge in [-0.2, -0.15) is 5.26 Å². The van der Waals surface area contributed by atoms with Crippen LogP contribution in [0.1, 0.15) is 5.56 Å². The van der Waals surface area contributed by atoms with Crippen molar-refractivity contribution in [1.29, 1.82) is 5.26 Å². The average molecular weight is 203 g/mol. The highest BCUT2D eigenvalue weighted by Crippen LogP contribution is 2.24. The third-order valence-corrected chi connectivity index (χ3v) is 2.27. The lowest BCUT2D eigenvalue weighted by Gasteiger charge is -1.95. The lowest BCUT2D eigenvalue weighted by molar-refractivity contribution is 0.454. The normalized spacial score (nSPS) is 9.64. The molecule has 2 aromatic heterocycles. The standard InChI is InChI=1S/C9H5N3OS/c10-6-7-1-2-11-8(5-7)14-9-12-3-4-13-9/h1-5H. The Labute approximate surface area is 84.6 Å². The third-order valence-electron chi connectivity index (χ3n) is 1.47. The first kappa shape index (κ1) is 8.78. The fourth-order valence-corrected chi connectivity index (χ4v) is 1.58. The third kappa shape index (κ3) is 1.92. The predicted octanol–water partition coefficient (Wildman–Crippen LogP) is 2.09. The van der Waals surface area contributed by atoms with Gasteiger partial charge in [-0.1, -0.05) is 0 Å². The molecule has 4 nitrogen and oxygen atoms in total. The number of oxazole rings is 1. The van der Waals surface area contributed by atoms with Gasteiger partial charge < -0.3 is 4.42 Å². The van der Waals surface area contributed by atoms with Crippen molar-refractivity contribution < 1.29 is 4.42 Å². The lowest BCUT2D eigenvalue weighted by atomic mass is 10.3. The number of nitrogens with zero attached hydrogens (tertiary/aromatic N) is 3. The maximum Gasteiger partial charge on any atom is 0.261 e. The van der Waals surface area contributed by atoms with Gasteiger partial charge in [-0.25, -0.2) is 9.97 Å². The molecule has 2 aromatic rings. The van der Waals surface area contributed by atoms with Gasteiger partial charge >= 0.3 is 0 Å². The molecule has 2 heterocycles. The zero-order valence-corrected chi connectivity index (χ0v) is 7.86. The van der Waals surface area contributed by atoms with Gasteiger partial charge in [0.1, 0.15) is 11.3 Å². The van der Waals surface area contributed by atoms with E-state index in [9.17, 15) is 0 Å².